The molecule has 0 amide bonds. The van der Waals surface area contributed by atoms with E-state index in [9.17, 15) is 0 Å². The number of aromatic nitrogens is 3. The van der Waals surface area contributed by atoms with Crippen LogP contribution in [0.5, 0.6) is 0 Å². The van der Waals surface area contributed by atoms with Crippen molar-refractivity contribution in [1.82, 2.24) is 15.0 Å². The highest BCUT2D eigenvalue weighted by atomic mass is 15.4. The fraction of sp³-hybridized carbons (Fsp3) is 0.714. The Morgan fingerprint density at radius 1 is 1.64 bits per heavy atom. The molecule has 1 heterocycles. The van der Waals surface area contributed by atoms with Gasteiger partial charge in [-0.05, 0) is 19.3 Å². The summed E-state index contributed by atoms with van der Waals surface area (Å²) in [6.07, 6.45) is 5.11. The van der Waals surface area contributed by atoms with Crippen molar-refractivity contribution in [2.75, 3.05) is 0 Å². The maximum atomic E-state index is 6.07. The maximum absolute atomic E-state index is 6.07. The van der Waals surface area contributed by atoms with Crippen LogP contribution in [0.3, 0.4) is 0 Å². The minimum Gasteiger partial charge on any atom is -0.320 e. The van der Waals surface area contributed by atoms with E-state index in [2.05, 4.69) is 10.3 Å². The van der Waals surface area contributed by atoms with Gasteiger partial charge in [0.2, 0.25) is 0 Å². The molecule has 2 rings (SSSR count). The SMILES string of the molecule is Cn1nncc1C1(N)CCC1. The standard InChI is InChI=1S/C7H12N4/c1-11-6(5-9-10-11)7(8)3-2-4-7/h5H,2-4,8H2,1H3. The molecule has 60 valence electrons. The van der Waals surface area contributed by atoms with Crippen LogP contribution in [0.15, 0.2) is 6.20 Å². The molecular formula is C7H12N4. The monoisotopic (exact) mass is 152 g/mol. The van der Waals surface area contributed by atoms with Crippen LogP contribution in [0.4, 0.5) is 0 Å². The molecule has 2 N–H and O–H groups in total. The van der Waals surface area contributed by atoms with Crippen molar-refractivity contribution in [2.24, 2.45) is 12.8 Å². The lowest BCUT2D eigenvalue weighted by atomic mass is 9.75. The molecule has 1 aliphatic rings. The van der Waals surface area contributed by atoms with Crippen molar-refractivity contribution in [3.8, 4) is 0 Å². The van der Waals surface area contributed by atoms with E-state index < -0.39 is 0 Å². The van der Waals surface area contributed by atoms with Gasteiger partial charge in [-0.3, -0.25) is 4.68 Å². The third-order valence-electron chi connectivity index (χ3n) is 2.47. The second-order valence-corrected chi connectivity index (χ2v) is 3.25. The molecule has 4 heteroatoms. The topological polar surface area (TPSA) is 56.7 Å². The minimum atomic E-state index is -0.127. The molecule has 0 aromatic carbocycles. The van der Waals surface area contributed by atoms with Gasteiger partial charge in [0.25, 0.3) is 0 Å². The van der Waals surface area contributed by atoms with Gasteiger partial charge in [-0.2, -0.15) is 0 Å². The Morgan fingerprint density at radius 3 is 2.73 bits per heavy atom. The lowest BCUT2D eigenvalue weighted by Gasteiger charge is -2.37. The predicted molar refractivity (Wildman–Crippen MR) is 40.7 cm³/mol. The molecule has 1 fully saturated rings. The lowest BCUT2D eigenvalue weighted by Crippen LogP contribution is -2.44. The van der Waals surface area contributed by atoms with Crippen LogP contribution in [0.1, 0.15) is 25.0 Å². The number of aryl methyl sites for hydroxylation is 1. The van der Waals surface area contributed by atoms with Gasteiger partial charge < -0.3 is 5.73 Å². The van der Waals surface area contributed by atoms with E-state index >= 15 is 0 Å². The zero-order chi connectivity index (χ0) is 7.90. The first-order valence-corrected chi connectivity index (χ1v) is 3.86. The predicted octanol–water partition coefficient (Wildman–Crippen LogP) is 0.153. The van der Waals surface area contributed by atoms with Gasteiger partial charge in [0.05, 0.1) is 17.4 Å². The first kappa shape index (κ1) is 6.79. The van der Waals surface area contributed by atoms with E-state index in [1.165, 1.54) is 6.42 Å². The van der Waals surface area contributed by atoms with Gasteiger partial charge in [-0.15, -0.1) is 5.10 Å². The number of hydrogen-bond acceptors (Lipinski definition) is 3. The fourth-order valence-electron chi connectivity index (χ4n) is 1.55. The maximum Gasteiger partial charge on any atom is 0.0782 e. The summed E-state index contributed by atoms with van der Waals surface area (Å²) in [4.78, 5) is 0. The van der Waals surface area contributed by atoms with Gasteiger partial charge >= 0.3 is 0 Å². The second-order valence-electron chi connectivity index (χ2n) is 3.25. The molecule has 0 saturated heterocycles. The summed E-state index contributed by atoms with van der Waals surface area (Å²) >= 11 is 0. The largest absolute Gasteiger partial charge is 0.320 e. The molecule has 0 aliphatic heterocycles. The first-order chi connectivity index (χ1) is 5.22. The second kappa shape index (κ2) is 2.04. The minimum absolute atomic E-state index is 0.127. The average molecular weight is 152 g/mol. The van der Waals surface area contributed by atoms with Crippen LogP contribution in [0, 0.1) is 0 Å². The van der Waals surface area contributed by atoms with E-state index in [0.717, 1.165) is 18.5 Å². The van der Waals surface area contributed by atoms with Crippen molar-refractivity contribution in [3.63, 3.8) is 0 Å². The molecule has 0 unspecified atom stereocenters. The number of hydrogen-bond donors (Lipinski definition) is 1. The van der Waals surface area contributed by atoms with Crippen molar-refractivity contribution < 1.29 is 0 Å². The van der Waals surface area contributed by atoms with Crippen LogP contribution in [-0.4, -0.2) is 15.0 Å². The molecule has 0 atom stereocenters. The summed E-state index contributed by atoms with van der Waals surface area (Å²) < 4.78 is 1.76. The zero-order valence-corrected chi connectivity index (χ0v) is 6.62. The Morgan fingerprint density at radius 2 is 2.36 bits per heavy atom. The third kappa shape index (κ3) is 0.860. The first-order valence-electron chi connectivity index (χ1n) is 3.86. The Kier molecular flexibility index (Phi) is 1.26. The van der Waals surface area contributed by atoms with E-state index in [4.69, 9.17) is 5.73 Å². The molecule has 11 heavy (non-hydrogen) atoms. The Bertz CT molecular complexity index is 261. The van der Waals surface area contributed by atoms with Crippen LogP contribution >= 0.6 is 0 Å². The lowest BCUT2D eigenvalue weighted by molar-refractivity contribution is 0.237. The molecule has 0 bridgehead atoms. The third-order valence-corrected chi connectivity index (χ3v) is 2.47. The molecule has 0 spiro atoms. The number of nitrogens with zero attached hydrogens (tertiary/aromatic N) is 3. The average Bonchev–Trinajstić information content (AvgIpc) is 2.30. The highest BCUT2D eigenvalue weighted by Crippen LogP contribution is 2.37. The van der Waals surface area contributed by atoms with Gasteiger partial charge in [0, 0.05) is 7.05 Å². The van der Waals surface area contributed by atoms with E-state index in [0.29, 0.717) is 0 Å². The van der Waals surface area contributed by atoms with Gasteiger partial charge in [0.15, 0.2) is 0 Å². The van der Waals surface area contributed by atoms with E-state index in [-0.39, 0.29) is 5.54 Å². The van der Waals surface area contributed by atoms with Gasteiger partial charge in [0.1, 0.15) is 0 Å². The summed E-state index contributed by atoms with van der Waals surface area (Å²) in [5.74, 6) is 0. The summed E-state index contributed by atoms with van der Waals surface area (Å²) in [5, 5.41) is 7.65. The Balaban J connectivity index is 2.35. The molecular weight excluding hydrogens is 140 g/mol. The Labute approximate surface area is 65.4 Å². The van der Waals surface area contributed by atoms with Gasteiger partial charge in [-0.25, -0.2) is 0 Å². The van der Waals surface area contributed by atoms with Crippen LogP contribution < -0.4 is 5.73 Å². The highest BCUT2D eigenvalue weighted by Gasteiger charge is 2.36. The summed E-state index contributed by atoms with van der Waals surface area (Å²) in [5.41, 5.74) is 7.00. The summed E-state index contributed by atoms with van der Waals surface area (Å²) in [7, 11) is 1.88. The summed E-state index contributed by atoms with van der Waals surface area (Å²) in [6, 6.07) is 0. The van der Waals surface area contributed by atoms with E-state index in [1.54, 1.807) is 10.9 Å². The molecule has 4 nitrogen and oxygen atoms in total. The van der Waals surface area contributed by atoms with Gasteiger partial charge in [-0.1, -0.05) is 5.21 Å². The van der Waals surface area contributed by atoms with Crippen molar-refractivity contribution in [2.45, 2.75) is 24.8 Å². The highest BCUT2D eigenvalue weighted by molar-refractivity contribution is 5.14. The normalized spacial score (nSPS) is 21.3. The number of rotatable bonds is 1. The fourth-order valence-corrected chi connectivity index (χ4v) is 1.55. The van der Waals surface area contributed by atoms with Crippen molar-refractivity contribution in [3.05, 3.63) is 11.9 Å². The van der Waals surface area contributed by atoms with Crippen molar-refractivity contribution >= 4 is 0 Å². The summed E-state index contributed by atoms with van der Waals surface area (Å²) in [6.45, 7) is 0. The Hall–Kier alpha value is -0.900. The zero-order valence-electron chi connectivity index (χ0n) is 6.62. The van der Waals surface area contributed by atoms with Crippen LogP contribution in [-0.2, 0) is 12.6 Å². The van der Waals surface area contributed by atoms with Crippen LogP contribution in [0.25, 0.3) is 0 Å². The molecule has 1 aromatic heterocycles. The smallest absolute Gasteiger partial charge is 0.0782 e. The quantitative estimate of drug-likeness (QED) is 0.623. The van der Waals surface area contributed by atoms with Crippen molar-refractivity contribution in [1.29, 1.82) is 0 Å². The molecule has 0 radical (unpaired) electrons. The molecule has 1 aromatic rings. The van der Waals surface area contributed by atoms with Crippen LogP contribution in [0.2, 0.25) is 0 Å². The number of nitrogens with two attached hydrogens (primary N) is 1. The van der Waals surface area contributed by atoms with E-state index in [1.807, 2.05) is 7.05 Å². The molecule has 1 aliphatic carbocycles. The molecule has 1 saturated carbocycles.